The van der Waals surface area contributed by atoms with E-state index in [9.17, 15) is 0 Å². The van der Waals surface area contributed by atoms with Gasteiger partial charge in [-0.1, -0.05) is 133 Å². The number of hydrogen-bond donors (Lipinski definition) is 0. The Morgan fingerprint density at radius 3 is 1.47 bits per heavy atom. The summed E-state index contributed by atoms with van der Waals surface area (Å²) in [4.78, 5) is 14.9. The summed E-state index contributed by atoms with van der Waals surface area (Å²) in [6.07, 6.45) is 2.05. The topological polar surface area (TPSA) is 32.3 Å². The number of anilines is 6. The number of aromatic nitrogens is 2. The molecule has 0 aliphatic carbocycles. The standard InChI is InChI=1S/C47H34N4/c1-33-16-15-23-40(49-33)35-28-30-37(31-29-35)45-39(34-17-5-2-6-18-34)32-48-47(46(45)36-19-7-3-8-20-36)51-43-26-13-11-24-41(43)50(38-21-9-4-10-22-38)42-25-12-14-27-44(42)51/h2-32H,1H3. The number of aryl methyl sites for hydroxylation is 1. The van der Waals surface area contributed by atoms with E-state index in [1.54, 1.807) is 0 Å². The maximum Gasteiger partial charge on any atom is 0.146 e. The fourth-order valence-corrected chi connectivity index (χ4v) is 7.22. The first-order valence-corrected chi connectivity index (χ1v) is 17.3. The Hall–Kier alpha value is -6.78. The summed E-state index contributed by atoms with van der Waals surface area (Å²) in [7, 11) is 0. The highest BCUT2D eigenvalue weighted by Gasteiger charge is 2.33. The number of hydrogen-bond acceptors (Lipinski definition) is 4. The predicted octanol–water partition coefficient (Wildman–Crippen LogP) is 12.7. The van der Waals surface area contributed by atoms with E-state index in [1.165, 1.54) is 0 Å². The van der Waals surface area contributed by atoms with Gasteiger partial charge in [0.05, 0.1) is 28.4 Å². The van der Waals surface area contributed by atoms with Gasteiger partial charge in [0.2, 0.25) is 0 Å². The maximum absolute atomic E-state index is 5.41. The third kappa shape index (κ3) is 5.44. The zero-order valence-corrected chi connectivity index (χ0v) is 28.2. The van der Waals surface area contributed by atoms with Crippen LogP contribution in [0.3, 0.4) is 0 Å². The Kier molecular flexibility index (Phi) is 7.67. The summed E-state index contributed by atoms with van der Waals surface area (Å²) in [5, 5.41) is 0. The van der Waals surface area contributed by atoms with Crippen LogP contribution in [-0.4, -0.2) is 9.97 Å². The molecular formula is C47H34N4. The van der Waals surface area contributed by atoms with Crippen LogP contribution in [-0.2, 0) is 0 Å². The second kappa shape index (κ2) is 12.9. The van der Waals surface area contributed by atoms with E-state index in [2.05, 4.69) is 192 Å². The van der Waals surface area contributed by atoms with E-state index in [0.29, 0.717) is 0 Å². The molecule has 0 atom stereocenters. The first-order chi connectivity index (χ1) is 25.2. The number of fused-ring (bicyclic) bond motifs is 2. The number of benzene rings is 6. The average molecular weight is 655 g/mol. The van der Waals surface area contributed by atoms with Crippen LogP contribution in [0, 0.1) is 6.92 Å². The largest absolute Gasteiger partial charge is 0.306 e. The first kappa shape index (κ1) is 30.3. The zero-order chi connectivity index (χ0) is 34.1. The average Bonchev–Trinajstić information content (AvgIpc) is 3.20. The molecular weight excluding hydrogens is 621 g/mol. The van der Waals surface area contributed by atoms with Gasteiger partial charge in [0.1, 0.15) is 5.82 Å². The van der Waals surface area contributed by atoms with Gasteiger partial charge in [-0.25, -0.2) is 4.98 Å². The molecule has 3 heterocycles. The van der Waals surface area contributed by atoms with Crippen molar-refractivity contribution in [2.24, 2.45) is 0 Å². The number of rotatable bonds is 6. The predicted molar refractivity (Wildman–Crippen MR) is 211 cm³/mol. The molecule has 0 fully saturated rings. The Morgan fingerprint density at radius 2 is 0.882 bits per heavy atom. The molecule has 2 aromatic heterocycles. The first-order valence-electron chi connectivity index (χ1n) is 17.3. The minimum Gasteiger partial charge on any atom is -0.306 e. The molecule has 0 amide bonds. The summed E-state index contributed by atoms with van der Waals surface area (Å²) < 4.78 is 0. The summed E-state index contributed by atoms with van der Waals surface area (Å²) >= 11 is 0. The smallest absolute Gasteiger partial charge is 0.146 e. The van der Waals surface area contributed by atoms with Crippen molar-refractivity contribution in [3.05, 3.63) is 194 Å². The van der Waals surface area contributed by atoms with Crippen LogP contribution in [0.15, 0.2) is 188 Å². The van der Waals surface area contributed by atoms with Crippen molar-refractivity contribution in [1.29, 1.82) is 0 Å². The number of nitrogens with zero attached hydrogens (tertiary/aromatic N) is 4. The molecule has 4 nitrogen and oxygen atoms in total. The van der Waals surface area contributed by atoms with Crippen molar-refractivity contribution in [1.82, 2.24) is 9.97 Å². The van der Waals surface area contributed by atoms with Crippen LogP contribution in [0.1, 0.15) is 5.69 Å². The number of para-hydroxylation sites is 5. The molecule has 0 N–H and O–H groups in total. The van der Waals surface area contributed by atoms with Gasteiger partial charge >= 0.3 is 0 Å². The van der Waals surface area contributed by atoms with Gasteiger partial charge in [-0.05, 0) is 72.1 Å². The lowest BCUT2D eigenvalue weighted by Gasteiger charge is -2.40. The van der Waals surface area contributed by atoms with Crippen molar-refractivity contribution in [2.45, 2.75) is 6.92 Å². The van der Waals surface area contributed by atoms with Crippen LogP contribution in [0.25, 0.3) is 44.6 Å². The van der Waals surface area contributed by atoms with Crippen LogP contribution in [0.2, 0.25) is 0 Å². The van der Waals surface area contributed by atoms with Crippen molar-refractivity contribution in [3.8, 4) is 44.6 Å². The molecule has 9 rings (SSSR count). The van der Waals surface area contributed by atoms with E-state index < -0.39 is 0 Å². The molecule has 6 aromatic carbocycles. The van der Waals surface area contributed by atoms with Crippen molar-refractivity contribution >= 4 is 34.3 Å². The summed E-state index contributed by atoms with van der Waals surface area (Å²) in [6, 6.07) is 64.1. The van der Waals surface area contributed by atoms with Gasteiger partial charge in [-0.2, -0.15) is 0 Å². The Labute approximate surface area is 298 Å². The highest BCUT2D eigenvalue weighted by atomic mass is 15.3. The fraction of sp³-hybridized carbons (Fsp3) is 0.0213. The van der Waals surface area contributed by atoms with Crippen molar-refractivity contribution < 1.29 is 0 Å². The van der Waals surface area contributed by atoms with E-state index >= 15 is 0 Å². The summed E-state index contributed by atoms with van der Waals surface area (Å²) in [6.45, 7) is 2.03. The van der Waals surface area contributed by atoms with Crippen LogP contribution in [0.4, 0.5) is 34.3 Å². The molecule has 1 aliphatic rings. The van der Waals surface area contributed by atoms with E-state index in [-0.39, 0.29) is 0 Å². The summed E-state index contributed by atoms with van der Waals surface area (Å²) in [5.41, 5.74) is 15.0. The van der Waals surface area contributed by atoms with Gasteiger partial charge in [0.25, 0.3) is 0 Å². The zero-order valence-electron chi connectivity index (χ0n) is 28.2. The molecule has 0 spiro atoms. The van der Waals surface area contributed by atoms with E-state index in [4.69, 9.17) is 9.97 Å². The third-order valence-corrected chi connectivity index (χ3v) is 9.52. The molecule has 242 valence electrons. The molecule has 0 unspecified atom stereocenters. The molecule has 0 bridgehead atoms. The highest BCUT2D eigenvalue weighted by molar-refractivity contribution is 6.06. The Morgan fingerprint density at radius 1 is 0.392 bits per heavy atom. The maximum atomic E-state index is 5.41. The molecule has 0 saturated heterocycles. The minimum absolute atomic E-state index is 0.868. The lowest BCUT2D eigenvalue weighted by molar-refractivity contribution is 1.13. The third-order valence-electron chi connectivity index (χ3n) is 9.52. The Balaban J connectivity index is 1.33. The van der Waals surface area contributed by atoms with Gasteiger partial charge in [0, 0.05) is 39.8 Å². The van der Waals surface area contributed by atoms with E-state index in [1.807, 2.05) is 13.0 Å². The van der Waals surface area contributed by atoms with Crippen LogP contribution >= 0.6 is 0 Å². The normalized spacial score (nSPS) is 11.9. The summed E-state index contributed by atoms with van der Waals surface area (Å²) in [5.74, 6) is 0.868. The van der Waals surface area contributed by atoms with Gasteiger partial charge < -0.3 is 4.90 Å². The van der Waals surface area contributed by atoms with E-state index in [0.717, 1.165) is 84.6 Å². The Bertz CT molecular complexity index is 2430. The lowest BCUT2D eigenvalue weighted by Crippen LogP contribution is -2.25. The molecule has 8 aromatic rings. The lowest BCUT2D eigenvalue weighted by atomic mass is 9.88. The number of pyridine rings is 2. The SMILES string of the molecule is Cc1cccc(-c2ccc(-c3c(-c4ccccc4)cnc(N4c5ccccc5N(c5ccccc5)c5ccccc54)c3-c3ccccc3)cc2)n1. The quantitative estimate of drug-likeness (QED) is 0.179. The molecule has 1 aliphatic heterocycles. The minimum atomic E-state index is 0.868. The van der Waals surface area contributed by atoms with Crippen LogP contribution < -0.4 is 9.80 Å². The molecule has 51 heavy (non-hydrogen) atoms. The molecule has 0 saturated carbocycles. The second-order valence-corrected chi connectivity index (χ2v) is 12.7. The highest BCUT2D eigenvalue weighted by Crippen LogP contribution is 2.56. The molecule has 0 radical (unpaired) electrons. The van der Waals surface area contributed by atoms with Gasteiger partial charge in [-0.3, -0.25) is 9.88 Å². The fourth-order valence-electron chi connectivity index (χ4n) is 7.22. The van der Waals surface area contributed by atoms with Crippen molar-refractivity contribution in [3.63, 3.8) is 0 Å². The second-order valence-electron chi connectivity index (χ2n) is 12.7. The van der Waals surface area contributed by atoms with Gasteiger partial charge in [-0.15, -0.1) is 0 Å². The monoisotopic (exact) mass is 654 g/mol. The van der Waals surface area contributed by atoms with Gasteiger partial charge in [0.15, 0.2) is 0 Å². The van der Waals surface area contributed by atoms with Crippen molar-refractivity contribution in [2.75, 3.05) is 9.80 Å². The molecule has 4 heteroatoms. The van der Waals surface area contributed by atoms with Crippen LogP contribution in [0.5, 0.6) is 0 Å².